The van der Waals surface area contributed by atoms with E-state index in [9.17, 15) is 4.79 Å². The Morgan fingerprint density at radius 3 is 2.27 bits per heavy atom. The first-order valence-corrected chi connectivity index (χ1v) is 6.16. The first-order valence-electron chi connectivity index (χ1n) is 6.16. The molecule has 0 aromatic rings. The van der Waals surface area contributed by atoms with Crippen LogP contribution in [0.1, 0.15) is 38.5 Å². The Morgan fingerprint density at radius 1 is 1.13 bits per heavy atom. The fourth-order valence-electron chi connectivity index (χ4n) is 3.04. The van der Waals surface area contributed by atoms with Gasteiger partial charge in [0, 0.05) is 12.1 Å². The number of hydrogen-bond donors (Lipinski definition) is 0. The second kappa shape index (κ2) is 3.48. The third kappa shape index (κ3) is 1.78. The Morgan fingerprint density at radius 2 is 1.73 bits per heavy atom. The molecule has 0 amide bonds. The maximum atomic E-state index is 11.6. The Balaban J connectivity index is 1.57. The van der Waals surface area contributed by atoms with E-state index in [1.54, 1.807) is 0 Å². The van der Waals surface area contributed by atoms with Gasteiger partial charge in [-0.25, -0.2) is 0 Å². The maximum Gasteiger partial charge on any atom is 0.309 e. The molecular formula is C12H19NO2. The minimum atomic E-state index is 0.0731. The summed E-state index contributed by atoms with van der Waals surface area (Å²) in [5.74, 6) is 0.325. The minimum absolute atomic E-state index is 0.0731. The largest absolute Gasteiger partial charge is 0.462 e. The van der Waals surface area contributed by atoms with Crippen LogP contribution in [0.4, 0.5) is 0 Å². The summed E-state index contributed by atoms with van der Waals surface area (Å²) >= 11 is 0. The lowest BCUT2D eigenvalue weighted by molar-refractivity contribution is -0.153. The lowest BCUT2D eigenvalue weighted by atomic mass is 10.0. The van der Waals surface area contributed by atoms with Gasteiger partial charge in [-0.3, -0.25) is 4.79 Å². The van der Waals surface area contributed by atoms with Crippen LogP contribution in [0.5, 0.6) is 0 Å². The molecule has 1 saturated carbocycles. The number of carbonyl (C=O) groups is 1. The molecule has 0 radical (unpaired) electrons. The van der Waals surface area contributed by atoms with E-state index < -0.39 is 0 Å². The molecule has 3 rings (SSSR count). The zero-order valence-corrected chi connectivity index (χ0v) is 9.32. The van der Waals surface area contributed by atoms with Crippen molar-refractivity contribution in [2.45, 2.75) is 56.7 Å². The molecule has 0 N–H and O–H groups in total. The van der Waals surface area contributed by atoms with Gasteiger partial charge in [0.25, 0.3) is 0 Å². The highest BCUT2D eigenvalue weighted by Crippen LogP contribution is 2.37. The van der Waals surface area contributed by atoms with Crippen molar-refractivity contribution in [2.24, 2.45) is 5.92 Å². The Labute approximate surface area is 90.8 Å². The van der Waals surface area contributed by atoms with Gasteiger partial charge >= 0.3 is 5.97 Å². The third-order valence-corrected chi connectivity index (χ3v) is 4.25. The van der Waals surface area contributed by atoms with Gasteiger partial charge in [-0.15, -0.1) is 0 Å². The predicted octanol–water partition coefficient (Wildman–Crippen LogP) is 1.56. The normalized spacial score (nSPS) is 40.5. The molecule has 3 heteroatoms. The molecule has 1 aliphatic carbocycles. The van der Waals surface area contributed by atoms with Crippen LogP contribution in [0.15, 0.2) is 0 Å². The van der Waals surface area contributed by atoms with E-state index in [-0.39, 0.29) is 18.0 Å². The Kier molecular flexibility index (Phi) is 2.23. The second-order valence-corrected chi connectivity index (χ2v) is 5.36. The molecule has 2 heterocycles. The van der Waals surface area contributed by atoms with Gasteiger partial charge in [0.2, 0.25) is 0 Å². The van der Waals surface area contributed by atoms with E-state index in [0.29, 0.717) is 12.1 Å². The van der Waals surface area contributed by atoms with Crippen molar-refractivity contribution >= 4 is 5.97 Å². The lowest BCUT2D eigenvalue weighted by Crippen LogP contribution is -2.43. The number of piperidine rings is 1. The van der Waals surface area contributed by atoms with Crippen molar-refractivity contribution in [2.75, 3.05) is 7.05 Å². The fraction of sp³-hybridized carbons (Fsp3) is 0.917. The molecule has 3 aliphatic rings. The highest BCUT2D eigenvalue weighted by Gasteiger charge is 2.41. The van der Waals surface area contributed by atoms with E-state index in [1.807, 2.05) is 0 Å². The highest BCUT2D eigenvalue weighted by molar-refractivity contribution is 5.75. The zero-order valence-electron chi connectivity index (χ0n) is 9.32. The van der Waals surface area contributed by atoms with Crippen LogP contribution < -0.4 is 0 Å². The Hall–Kier alpha value is -0.570. The van der Waals surface area contributed by atoms with Crippen molar-refractivity contribution in [1.29, 1.82) is 0 Å². The van der Waals surface area contributed by atoms with Crippen molar-refractivity contribution < 1.29 is 9.53 Å². The van der Waals surface area contributed by atoms with Gasteiger partial charge < -0.3 is 9.64 Å². The molecule has 84 valence electrons. The van der Waals surface area contributed by atoms with Crippen LogP contribution in [-0.2, 0) is 9.53 Å². The molecule has 2 atom stereocenters. The predicted molar refractivity (Wildman–Crippen MR) is 56.4 cm³/mol. The highest BCUT2D eigenvalue weighted by atomic mass is 16.5. The number of esters is 1. The summed E-state index contributed by atoms with van der Waals surface area (Å²) < 4.78 is 5.58. The number of ether oxygens (including phenoxy) is 1. The minimum Gasteiger partial charge on any atom is -0.462 e. The van der Waals surface area contributed by atoms with Crippen LogP contribution >= 0.6 is 0 Å². The summed E-state index contributed by atoms with van der Waals surface area (Å²) in [6.45, 7) is 0. The summed E-state index contributed by atoms with van der Waals surface area (Å²) in [4.78, 5) is 14.0. The van der Waals surface area contributed by atoms with Gasteiger partial charge in [-0.05, 0) is 45.6 Å². The van der Waals surface area contributed by atoms with E-state index in [1.165, 1.54) is 12.8 Å². The van der Waals surface area contributed by atoms with Crippen LogP contribution in [-0.4, -0.2) is 36.1 Å². The molecular weight excluding hydrogens is 190 g/mol. The van der Waals surface area contributed by atoms with E-state index >= 15 is 0 Å². The van der Waals surface area contributed by atoms with Crippen molar-refractivity contribution in [3.8, 4) is 0 Å². The van der Waals surface area contributed by atoms with Crippen LogP contribution in [0.3, 0.4) is 0 Å². The molecule has 0 spiro atoms. The van der Waals surface area contributed by atoms with Crippen LogP contribution in [0.25, 0.3) is 0 Å². The summed E-state index contributed by atoms with van der Waals surface area (Å²) in [5, 5.41) is 0. The quantitative estimate of drug-likeness (QED) is 0.646. The lowest BCUT2D eigenvalue weighted by Gasteiger charge is -2.35. The van der Waals surface area contributed by atoms with Crippen molar-refractivity contribution in [3.63, 3.8) is 0 Å². The summed E-state index contributed by atoms with van der Waals surface area (Å²) in [6, 6.07) is 1.33. The second-order valence-electron chi connectivity index (χ2n) is 5.36. The number of fused-ring (bicyclic) bond motifs is 2. The molecule has 2 bridgehead atoms. The molecule has 0 aromatic heterocycles. The number of hydrogen-bond acceptors (Lipinski definition) is 3. The maximum absolute atomic E-state index is 11.6. The average Bonchev–Trinajstić information content (AvgIpc) is 3.00. The molecule has 2 unspecified atom stereocenters. The number of carbonyl (C=O) groups excluding carboxylic acids is 1. The molecule has 2 aliphatic heterocycles. The van der Waals surface area contributed by atoms with Gasteiger partial charge in [0.15, 0.2) is 0 Å². The molecule has 3 fully saturated rings. The van der Waals surface area contributed by atoms with E-state index in [4.69, 9.17) is 4.74 Å². The van der Waals surface area contributed by atoms with Gasteiger partial charge in [0.05, 0.1) is 5.92 Å². The SMILES string of the molecule is CN1C2CCC1CC(OC(=O)C1CC1)C2. The molecule has 3 nitrogen and oxygen atoms in total. The summed E-state index contributed by atoms with van der Waals surface area (Å²) in [5.41, 5.74) is 0. The average molecular weight is 209 g/mol. The first kappa shape index (κ1) is 9.64. The van der Waals surface area contributed by atoms with Gasteiger partial charge in [-0.1, -0.05) is 0 Å². The summed E-state index contributed by atoms with van der Waals surface area (Å²) in [6.07, 6.45) is 7.02. The van der Waals surface area contributed by atoms with Crippen molar-refractivity contribution in [1.82, 2.24) is 4.90 Å². The van der Waals surface area contributed by atoms with Crippen LogP contribution in [0, 0.1) is 5.92 Å². The molecule has 15 heavy (non-hydrogen) atoms. The summed E-state index contributed by atoms with van der Waals surface area (Å²) in [7, 11) is 2.21. The zero-order chi connectivity index (χ0) is 10.4. The van der Waals surface area contributed by atoms with Gasteiger partial charge in [0.1, 0.15) is 6.10 Å². The smallest absolute Gasteiger partial charge is 0.309 e. The van der Waals surface area contributed by atoms with Gasteiger partial charge in [-0.2, -0.15) is 0 Å². The first-order chi connectivity index (χ1) is 7.24. The standard InChI is InChI=1S/C12H19NO2/c1-13-9-4-5-10(13)7-11(6-9)15-12(14)8-2-3-8/h8-11H,2-7H2,1H3. The van der Waals surface area contributed by atoms with E-state index in [2.05, 4.69) is 11.9 Å². The fourth-order valence-corrected chi connectivity index (χ4v) is 3.04. The Bertz CT molecular complexity index is 261. The van der Waals surface area contributed by atoms with Crippen LogP contribution in [0.2, 0.25) is 0 Å². The number of nitrogens with zero attached hydrogens (tertiary/aromatic N) is 1. The van der Waals surface area contributed by atoms with E-state index in [0.717, 1.165) is 25.7 Å². The topological polar surface area (TPSA) is 29.5 Å². The third-order valence-electron chi connectivity index (χ3n) is 4.25. The number of rotatable bonds is 2. The monoisotopic (exact) mass is 209 g/mol. The van der Waals surface area contributed by atoms with Crippen molar-refractivity contribution in [3.05, 3.63) is 0 Å². The molecule has 2 saturated heterocycles. The molecule has 0 aromatic carbocycles.